The predicted molar refractivity (Wildman–Crippen MR) is 71.6 cm³/mol. The zero-order chi connectivity index (χ0) is 10.3. The van der Waals surface area contributed by atoms with Crippen molar-refractivity contribution in [1.29, 1.82) is 0 Å². The zero-order valence-corrected chi connectivity index (χ0v) is 11.3. The summed E-state index contributed by atoms with van der Waals surface area (Å²) in [5.74, 6) is 2.49. The van der Waals surface area contributed by atoms with Crippen LogP contribution in [0.4, 0.5) is 0 Å². The maximum atomic E-state index is 2.49. The summed E-state index contributed by atoms with van der Waals surface area (Å²) in [7, 11) is 0.124. The van der Waals surface area contributed by atoms with Gasteiger partial charge in [0, 0.05) is 8.41 Å². The molecule has 0 aliphatic rings. The fourth-order valence-electron chi connectivity index (χ4n) is 1.46. The standard InChI is InChI=1S/C12H25P.B/c1-6-7-8-9-10-13(11(2)3)12(4)5;/h9-12H,6-8H2,1-5H3;/b10-9+;. The Morgan fingerprint density at radius 2 is 1.57 bits per heavy atom. The van der Waals surface area contributed by atoms with E-state index in [1.54, 1.807) is 0 Å². The molecule has 0 saturated heterocycles. The van der Waals surface area contributed by atoms with Crippen LogP contribution < -0.4 is 0 Å². The minimum Gasteiger partial charge on any atom is -0.0840 e. The van der Waals surface area contributed by atoms with E-state index in [0.717, 1.165) is 11.3 Å². The molecular weight excluding hydrogens is 186 g/mol. The molecule has 14 heavy (non-hydrogen) atoms. The van der Waals surface area contributed by atoms with Gasteiger partial charge in [0.25, 0.3) is 0 Å². The van der Waals surface area contributed by atoms with Crippen LogP contribution in [-0.4, -0.2) is 19.7 Å². The van der Waals surface area contributed by atoms with E-state index in [9.17, 15) is 0 Å². The average Bonchev–Trinajstić information content (AvgIpc) is 2.02. The first-order chi connectivity index (χ1) is 6.09. The molecular formula is C12H25BP. The van der Waals surface area contributed by atoms with Gasteiger partial charge in [-0.1, -0.05) is 67.3 Å². The highest BCUT2D eigenvalue weighted by Crippen LogP contribution is 2.47. The maximum Gasteiger partial charge on any atom is 0 e. The molecule has 0 fully saturated rings. The Labute approximate surface area is 93.9 Å². The van der Waals surface area contributed by atoms with Gasteiger partial charge in [0.15, 0.2) is 0 Å². The second kappa shape index (κ2) is 9.78. The van der Waals surface area contributed by atoms with Crippen LogP contribution in [0.3, 0.4) is 0 Å². The molecule has 0 aliphatic carbocycles. The van der Waals surface area contributed by atoms with Crippen molar-refractivity contribution in [3.05, 3.63) is 11.9 Å². The minimum absolute atomic E-state index is 0. The first kappa shape index (κ1) is 16.7. The number of hydrogen-bond donors (Lipinski definition) is 0. The Bertz CT molecular complexity index is 133. The summed E-state index contributed by atoms with van der Waals surface area (Å²) in [6.07, 6.45) is 6.32. The number of allylic oxidation sites excluding steroid dienone is 1. The molecule has 0 nitrogen and oxygen atoms in total. The molecule has 81 valence electrons. The molecule has 0 rings (SSSR count). The smallest absolute Gasteiger partial charge is 0 e. The highest BCUT2D eigenvalue weighted by molar-refractivity contribution is 7.62. The van der Waals surface area contributed by atoms with Crippen molar-refractivity contribution in [3.8, 4) is 0 Å². The van der Waals surface area contributed by atoms with Gasteiger partial charge in [-0.05, 0) is 17.7 Å². The molecule has 0 amide bonds. The van der Waals surface area contributed by atoms with E-state index in [2.05, 4.69) is 46.5 Å². The van der Waals surface area contributed by atoms with Crippen LogP contribution in [0.2, 0.25) is 0 Å². The number of unbranched alkanes of at least 4 members (excludes halogenated alkanes) is 2. The van der Waals surface area contributed by atoms with Crippen LogP contribution in [0, 0.1) is 0 Å². The molecule has 0 atom stereocenters. The van der Waals surface area contributed by atoms with Crippen molar-refractivity contribution in [2.45, 2.75) is 65.2 Å². The van der Waals surface area contributed by atoms with E-state index in [-0.39, 0.29) is 16.3 Å². The lowest BCUT2D eigenvalue weighted by molar-refractivity contribution is 0.815. The summed E-state index contributed by atoms with van der Waals surface area (Å²) >= 11 is 0. The SMILES string of the molecule is CCCC/C=C/P(C(C)C)C(C)C.[B]. The zero-order valence-electron chi connectivity index (χ0n) is 10.5. The van der Waals surface area contributed by atoms with Gasteiger partial charge < -0.3 is 0 Å². The highest BCUT2D eigenvalue weighted by atomic mass is 31.1. The summed E-state index contributed by atoms with van der Waals surface area (Å²) in [5, 5.41) is 0. The van der Waals surface area contributed by atoms with Gasteiger partial charge >= 0.3 is 0 Å². The van der Waals surface area contributed by atoms with Gasteiger partial charge in [-0.3, -0.25) is 0 Å². The van der Waals surface area contributed by atoms with Crippen molar-refractivity contribution in [2.24, 2.45) is 0 Å². The summed E-state index contributed by atoms with van der Waals surface area (Å²) < 4.78 is 0. The molecule has 0 unspecified atom stereocenters. The van der Waals surface area contributed by atoms with Gasteiger partial charge in [0.1, 0.15) is 0 Å². The third-order valence-electron chi connectivity index (χ3n) is 2.19. The van der Waals surface area contributed by atoms with E-state index >= 15 is 0 Å². The van der Waals surface area contributed by atoms with E-state index < -0.39 is 0 Å². The maximum absolute atomic E-state index is 2.49. The number of hydrogen-bond acceptors (Lipinski definition) is 0. The van der Waals surface area contributed by atoms with Crippen molar-refractivity contribution in [2.75, 3.05) is 0 Å². The van der Waals surface area contributed by atoms with Gasteiger partial charge in [-0.25, -0.2) is 0 Å². The van der Waals surface area contributed by atoms with Crippen molar-refractivity contribution in [3.63, 3.8) is 0 Å². The molecule has 0 aromatic heterocycles. The molecule has 0 aromatic rings. The summed E-state index contributed by atoms with van der Waals surface area (Å²) in [5.41, 5.74) is 1.68. The lowest BCUT2D eigenvalue weighted by atomic mass is 10.2. The topological polar surface area (TPSA) is 0 Å². The normalized spacial score (nSPS) is 11.7. The van der Waals surface area contributed by atoms with E-state index in [1.807, 2.05) is 0 Å². The Morgan fingerprint density at radius 1 is 1.07 bits per heavy atom. The first-order valence-corrected chi connectivity index (χ1v) is 7.08. The molecule has 0 aliphatic heterocycles. The molecule has 0 heterocycles. The Morgan fingerprint density at radius 3 is 1.93 bits per heavy atom. The van der Waals surface area contributed by atoms with E-state index in [4.69, 9.17) is 0 Å². The third-order valence-corrected chi connectivity index (χ3v) is 5.13. The van der Waals surface area contributed by atoms with Gasteiger partial charge in [0.2, 0.25) is 0 Å². The Hall–Kier alpha value is 0.235. The Balaban J connectivity index is 0. The Kier molecular flexibility index (Phi) is 11.6. The number of rotatable bonds is 6. The molecule has 0 aromatic carbocycles. The predicted octanol–water partition coefficient (Wildman–Crippen LogP) is 4.61. The molecule has 0 spiro atoms. The van der Waals surface area contributed by atoms with Gasteiger partial charge in [-0.15, -0.1) is 0 Å². The van der Waals surface area contributed by atoms with E-state index in [0.29, 0.717) is 0 Å². The van der Waals surface area contributed by atoms with Crippen LogP contribution in [0.15, 0.2) is 11.9 Å². The van der Waals surface area contributed by atoms with Crippen LogP contribution >= 0.6 is 7.92 Å². The van der Waals surface area contributed by atoms with Crippen LogP contribution in [0.25, 0.3) is 0 Å². The summed E-state index contributed by atoms with van der Waals surface area (Å²) in [6, 6.07) is 0. The van der Waals surface area contributed by atoms with Crippen LogP contribution in [0.5, 0.6) is 0 Å². The van der Waals surface area contributed by atoms with Crippen molar-refractivity contribution < 1.29 is 0 Å². The molecule has 0 N–H and O–H groups in total. The largest absolute Gasteiger partial charge is 0.0840 e. The van der Waals surface area contributed by atoms with Gasteiger partial charge in [-0.2, -0.15) is 0 Å². The first-order valence-electron chi connectivity index (χ1n) is 5.53. The molecule has 2 heteroatoms. The fourth-order valence-corrected chi connectivity index (χ4v) is 3.73. The molecule has 0 saturated carbocycles. The lowest BCUT2D eigenvalue weighted by Gasteiger charge is -2.21. The van der Waals surface area contributed by atoms with Gasteiger partial charge in [0.05, 0.1) is 0 Å². The summed E-state index contributed by atoms with van der Waals surface area (Å²) in [6.45, 7) is 11.6. The van der Waals surface area contributed by atoms with Crippen LogP contribution in [0.1, 0.15) is 53.9 Å². The minimum atomic E-state index is 0. The lowest BCUT2D eigenvalue weighted by Crippen LogP contribution is -2.00. The fraction of sp³-hybridized carbons (Fsp3) is 0.833. The monoisotopic (exact) mass is 211 g/mol. The third kappa shape index (κ3) is 7.62. The summed E-state index contributed by atoms with van der Waals surface area (Å²) in [4.78, 5) is 0. The highest BCUT2D eigenvalue weighted by Gasteiger charge is 2.12. The van der Waals surface area contributed by atoms with Crippen molar-refractivity contribution >= 4 is 16.3 Å². The van der Waals surface area contributed by atoms with Crippen molar-refractivity contribution in [1.82, 2.24) is 0 Å². The second-order valence-electron chi connectivity index (χ2n) is 4.16. The average molecular weight is 211 g/mol. The molecule has 0 bridgehead atoms. The molecule has 3 radical (unpaired) electrons. The second-order valence-corrected chi connectivity index (χ2v) is 7.42. The quantitative estimate of drug-likeness (QED) is 0.342. The van der Waals surface area contributed by atoms with Crippen LogP contribution in [-0.2, 0) is 0 Å². The van der Waals surface area contributed by atoms with E-state index in [1.165, 1.54) is 19.3 Å².